The SMILES string of the molecule is CCCOc1ccc(OC2CC(O)C2OC)cc1. The summed E-state index contributed by atoms with van der Waals surface area (Å²) >= 11 is 0. The molecule has 0 radical (unpaired) electrons. The smallest absolute Gasteiger partial charge is 0.130 e. The highest BCUT2D eigenvalue weighted by Gasteiger charge is 2.42. The van der Waals surface area contributed by atoms with Crippen molar-refractivity contribution in [1.82, 2.24) is 0 Å². The Hall–Kier alpha value is -1.26. The zero-order chi connectivity index (χ0) is 13.0. The standard InChI is InChI=1S/C14H20O4/c1-3-8-17-10-4-6-11(7-5-10)18-13-9-12(15)14(13)16-2/h4-7,12-15H,3,8-9H2,1-2H3. The fraction of sp³-hybridized carbons (Fsp3) is 0.571. The maximum absolute atomic E-state index is 9.47. The molecule has 3 atom stereocenters. The summed E-state index contributed by atoms with van der Waals surface area (Å²) in [5.41, 5.74) is 0. The van der Waals surface area contributed by atoms with Gasteiger partial charge >= 0.3 is 0 Å². The van der Waals surface area contributed by atoms with Crippen LogP contribution in [0.5, 0.6) is 11.5 Å². The maximum Gasteiger partial charge on any atom is 0.130 e. The predicted octanol–water partition coefficient (Wildman–Crippen LogP) is 2.00. The van der Waals surface area contributed by atoms with E-state index >= 15 is 0 Å². The van der Waals surface area contributed by atoms with E-state index < -0.39 is 6.10 Å². The highest BCUT2D eigenvalue weighted by Crippen LogP contribution is 2.29. The first-order chi connectivity index (χ1) is 8.74. The van der Waals surface area contributed by atoms with E-state index in [0.29, 0.717) is 6.42 Å². The Morgan fingerprint density at radius 3 is 2.44 bits per heavy atom. The van der Waals surface area contributed by atoms with E-state index in [1.807, 2.05) is 24.3 Å². The summed E-state index contributed by atoms with van der Waals surface area (Å²) in [6.45, 7) is 2.80. The molecule has 18 heavy (non-hydrogen) atoms. The summed E-state index contributed by atoms with van der Waals surface area (Å²) in [5, 5.41) is 9.47. The summed E-state index contributed by atoms with van der Waals surface area (Å²) in [4.78, 5) is 0. The lowest BCUT2D eigenvalue weighted by Crippen LogP contribution is -2.54. The van der Waals surface area contributed by atoms with Gasteiger partial charge in [0.15, 0.2) is 0 Å². The molecule has 0 spiro atoms. The predicted molar refractivity (Wildman–Crippen MR) is 68.1 cm³/mol. The maximum atomic E-state index is 9.47. The first kappa shape index (κ1) is 13.2. The molecule has 0 bridgehead atoms. The summed E-state index contributed by atoms with van der Waals surface area (Å²) in [6.07, 6.45) is 0.918. The van der Waals surface area contributed by atoms with Crippen LogP contribution < -0.4 is 9.47 Å². The lowest BCUT2D eigenvalue weighted by molar-refractivity contribution is -0.149. The average Bonchev–Trinajstić information content (AvgIpc) is 2.37. The summed E-state index contributed by atoms with van der Waals surface area (Å²) in [7, 11) is 1.59. The molecule has 4 nitrogen and oxygen atoms in total. The number of methoxy groups -OCH3 is 1. The quantitative estimate of drug-likeness (QED) is 0.841. The van der Waals surface area contributed by atoms with Gasteiger partial charge in [0, 0.05) is 13.5 Å². The Balaban J connectivity index is 1.86. The van der Waals surface area contributed by atoms with Crippen LogP contribution in [0.3, 0.4) is 0 Å². The Bertz CT molecular complexity index is 363. The van der Waals surface area contributed by atoms with Gasteiger partial charge in [0.05, 0.1) is 12.7 Å². The normalized spacial score (nSPS) is 26.5. The first-order valence-electron chi connectivity index (χ1n) is 6.35. The van der Waals surface area contributed by atoms with Gasteiger partial charge in [0.2, 0.25) is 0 Å². The second kappa shape index (κ2) is 6.07. The third-order valence-electron chi connectivity index (χ3n) is 3.08. The van der Waals surface area contributed by atoms with Gasteiger partial charge in [0.25, 0.3) is 0 Å². The second-order valence-corrected chi connectivity index (χ2v) is 4.48. The van der Waals surface area contributed by atoms with Crippen molar-refractivity contribution in [3.63, 3.8) is 0 Å². The van der Waals surface area contributed by atoms with E-state index in [1.54, 1.807) is 7.11 Å². The Morgan fingerprint density at radius 2 is 1.89 bits per heavy atom. The Morgan fingerprint density at radius 1 is 1.22 bits per heavy atom. The molecule has 3 unspecified atom stereocenters. The van der Waals surface area contributed by atoms with E-state index in [0.717, 1.165) is 24.5 Å². The zero-order valence-electron chi connectivity index (χ0n) is 10.8. The molecule has 4 heteroatoms. The van der Waals surface area contributed by atoms with Gasteiger partial charge < -0.3 is 19.3 Å². The first-order valence-corrected chi connectivity index (χ1v) is 6.35. The second-order valence-electron chi connectivity index (χ2n) is 4.48. The number of hydrogen-bond acceptors (Lipinski definition) is 4. The lowest BCUT2D eigenvalue weighted by Gasteiger charge is -2.39. The third-order valence-corrected chi connectivity index (χ3v) is 3.08. The third kappa shape index (κ3) is 2.94. The van der Waals surface area contributed by atoms with Crippen LogP contribution in [0.2, 0.25) is 0 Å². The van der Waals surface area contributed by atoms with Gasteiger partial charge in [-0.15, -0.1) is 0 Å². The van der Waals surface area contributed by atoms with Gasteiger partial charge in [-0.25, -0.2) is 0 Å². The molecule has 1 saturated carbocycles. The van der Waals surface area contributed by atoms with Crippen molar-refractivity contribution in [2.24, 2.45) is 0 Å². The van der Waals surface area contributed by atoms with Crippen LogP contribution in [0.15, 0.2) is 24.3 Å². The number of benzene rings is 1. The van der Waals surface area contributed by atoms with Crippen molar-refractivity contribution < 1.29 is 19.3 Å². The lowest BCUT2D eigenvalue weighted by atomic mass is 9.88. The van der Waals surface area contributed by atoms with Crippen LogP contribution in [0.1, 0.15) is 19.8 Å². The number of ether oxygens (including phenoxy) is 3. The molecular weight excluding hydrogens is 232 g/mol. The molecule has 0 saturated heterocycles. The van der Waals surface area contributed by atoms with Gasteiger partial charge in [-0.2, -0.15) is 0 Å². The molecule has 1 N–H and O–H groups in total. The Kier molecular flexibility index (Phi) is 4.44. The van der Waals surface area contributed by atoms with E-state index in [-0.39, 0.29) is 12.2 Å². The highest BCUT2D eigenvalue weighted by atomic mass is 16.6. The molecule has 1 aromatic rings. The molecule has 100 valence electrons. The minimum atomic E-state index is -0.410. The van der Waals surface area contributed by atoms with Gasteiger partial charge in [-0.1, -0.05) is 6.92 Å². The van der Waals surface area contributed by atoms with Crippen molar-refractivity contribution in [1.29, 1.82) is 0 Å². The molecule has 1 aromatic carbocycles. The van der Waals surface area contributed by atoms with E-state index in [4.69, 9.17) is 14.2 Å². The molecule has 0 aromatic heterocycles. The van der Waals surface area contributed by atoms with Crippen molar-refractivity contribution in [2.45, 2.75) is 38.1 Å². The highest BCUT2D eigenvalue weighted by molar-refractivity contribution is 5.31. The van der Waals surface area contributed by atoms with Crippen LogP contribution in [0.4, 0.5) is 0 Å². The number of aliphatic hydroxyl groups is 1. The van der Waals surface area contributed by atoms with Crippen LogP contribution in [-0.2, 0) is 4.74 Å². The van der Waals surface area contributed by atoms with E-state index in [2.05, 4.69) is 6.92 Å². The topological polar surface area (TPSA) is 47.9 Å². The van der Waals surface area contributed by atoms with Gasteiger partial charge in [-0.05, 0) is 30.7 Å². The average molecular weight is 252 g/mol. The van der Waals surface area contributed by atoms with Crippen molar-refractivity contribution in [3.8, 4) is 11.5 Å². The molecule has 1 aliphatic carbocycles. The monoisotopic (exact) mass is 252 g/mol. The van der Waals surface area contributed by atoms with E-state index in [9.17, 15) is 5.11 Å². The number of hydrogen-bond donors (Lipinski definition) is 1. The summed E-state index contributed by atoms with van der Waals surface area (Å²) in [6, 6.07) is 7.54. The van der Waals surface area contributed by atoms with Crippen molar-refractivity contribution >= 4 is 0 Å². The molecule has 1 fully saturated rings. The van der Waals surface area contributed by atoms with Crippen LogP contribution >= 0.6 is 0 Å². The fourth-order valence-electron chi connectivity index (χ4n) is 1.99. The van der Waals surface area contributed by atoms with Crippen LogP contribution in [0.25, 0.3) is 0 Å². The minimum Gasteiger partial charge on any atom is -0.494 e. The Labute approximate surface area is 107 Å². The molecule has 0 heterocycles. The van der Waals surface area contributed by atoms with Crippen molar-refractivity contribution in [2.75, 3.05) is 13.7 Å². The van der Waals surface area contributed by atoms with Crippen LogP contribution in [-0.4, -0.2) is 37.1 Å². The molecule has 0 aliphatic heterocycles. The van der Waals surface area contributed by atoms with E-state index in [1.165, 1.54) is 0 Å². The molecule has 2 rings (SSSR count). The fourth-order valence-corrected chi connectivity index (χ4v) is 1.99. The van der Waals surface area contributed by atoms with Gasteiger partial charge in [0.1, 0.15) is 23.7 Å². The van der Waals surface area contributed by atoms with Crippen LogP contribution in [0, 0.1) is 0 Å². The molecule has 0 amide bonds. The van der Waals surface area contributed by atoms with Crippen molar-refractivity contribution in [3.05, 3.63) is 24.3 Å². The minimum absolute atomic E-state index is 0.0626. The summed E-state index contributed by atoms with van der Waals surface area (Å²) < 4.78 is 16.4. The molecular formula is C14H20O4. The number of aliphatic hydroxyl groups excluding tert-OH is 1. The largest absolute Gasteiger partial charge is 0.494 e. The summed E-state index contributed by atoms with van der Waals surface area (Å²) in [5.74, 6) is 1.62. The number of rotatable bonds is 6. The molecule has 1 aliphatic rings. The van der Waals surface area contributed by atoms with Gasteiger partial charge in [-0.3, -0.25) is 0 Å². The zero-order valence-corrected chi connectivity index (χ0v) is 10.8.